The number of aromatic nitrogens is 2. The van der Waals surface area contributed by atoms with E-state index >= 15 is 0 Å². The van der Waals surface area contributed by atoms with E-state index in [1.165, 1.54) is 11.3 Å². The van der Waals surface area contributed by atoms with Crippen LogP contribution < -0.4 is 5.32 Å². The number of nitrogens with zero attached hydrogens (tertiary/aromatic N) is 2. The van der Waals surface area contributed by atoms with Gasteiger partial charge in [0.2, 0.25) is 11.0 Å². The molecule has 2 atom stereocenters. The average molecular weight is 370 g/mol. The van der Waals surface area contributed by atoms with Gasteiger partial charge in [-0.1, -0.05) is 48.4 Å². The zero-order chi connectivity index (χ0) is 16.6. The zero-order valence-corrected chi connectivity index (χ0v) is 15.2. The van der Waals surface area contributed by atoms with Crippen molar-refractivity contribution in [3.8, 4) is 0 Å². The van der Waals surface area contributed by atoms with Crippen molar-refractivity contribution < 1.29 is 4.79 Å². The SMILES string of the molecule is CC(C)Cc1nnc(NC(=O)[C@H]2C[C@H]2c2cc(Cl)cc(Cl)c2)s1. The third kappa shape index (κ3) is 4.22. The van der Waals surface area contributed by atoms with Crippen LogP contribution in [0.4, 0.5) is 5.13 Å². The predicted octanol–water partition coefficient (Wildman–Crippen LogP) is 4.79. The van der Waals surface area contributed by atoms with Crippen LogP contribution in [0.15, 0.2) is 18.2 Å². The lowest BCUT2D eigenvalue weighted by atomic mass is 10.1. The van der Waals surface area contributed by atoms with Crippen molar-refractivity contribution in [1.29, 1.82) is 0 Å². The van der Waals surface area contributed by atoms with E-state index in [1.54, 1.807) is 6.07 Å². The Bertz CT molecular complexity index is 712. The van der Waals surface area contributed by atoms with Crippen LogP contribution in [0, 0.1) is 11.8 Å². The number of halogens is 2. The van der Waals surface area contributed by atoms with Gasteiger partial charge in [-0.3, -0.25) is 4.79 Å². The maximum absolute atomic E-state index is 12.3. The lowest BCUT2D eigenvalue weighted by molar-refractivity contribution is -0.117. The predicted molar refractivity (Wildman–Crippen MR) is 94.4 cm³/mol. The number of carbonyl (C=O) groups excluding carboxylic acids is 1. The monoisotopic (exact) mass is 369 g/mol. The summed E-state index contributed by atoms with van der Waals surface area (Å²) >= 11 is 13.5. The van der Waals surface area contributed by atoms with Gasteiger partial charge in [0.25, 0.3) is 0 Å². The van der Waals surface area contributed by atoms with Gasteiger partial charge in [0, 0.05) is 22.4 Å². The Balaban J connectivity index is 1.61. The maximum Gasteiger partial charge on any atom is 0.229 e. The second-order valence-electron chi connectivity index (χ2n) is 6.24. The standard InChI is InChI=1S/C16H17Cl2N3OS/c1-8(2)3-14-20-21-16(23-14)19-15(22)13-7-12(13)9-4-10(17)6-11(18)5-9/h4-6,8,12-13H,3,7H2,1-2H3,(H,19,21,22)/t12-,13-/m0/s1. The molecule has 1 aromatic carbocycles. The Kier molecular flexibility index (Phi) is 4.90. The van der Waals surface area contributed by atoms with E-state index in [4.69, 9.17) is 23.2 Å². The van der Waals surface area contributed by atoms with E-state index in [1.807, 2.05) is 12.1 Å². The van der Waals surface area contributed by atoms with Crippen molar-refractivity contribution in [3.63, 3.8) is 0 Å². The fourth-order valence-electron chi connectivity index (χ4n) is 2.58. The van der Waals surface area contributed by atoms with Gasteiger partial charge in [0.1, 0.15) is 5.01 Å². The normalized spacial score (nSPS) is 19.9. The summed E-state index contributed by atoms with van der Waals surface area (Å²) in [6.07, 6.45) is 1.68. The molecular weight excluding hydrogens is 353 g/mol. The van der Waals surface area contributed by atoms with Gasteiger partial charge in [-0.25, -0.2) is 0 Å². The summed E-state index contributed by atoms with van der Waals surface area (Å²) in [5.74, 6) is 0.626. The highest BCUT2D eigenvalue weighted by molar-refractivity contribution is 7.15. The summed E-state index contributed by atoms with van der Waals surface area (Å²) in [4.78, 5) is 12.3. The Labute approximate surface area is 149 Å². The van der Waals surface area contributed by atoms with Crippen molar-refractivity contribution in [1.82, 2.24) is 10.2 Å². The average Bonchev–Trinajstić information content (AvgIpc) is 3.14. The van der Waals surface area contributed by atoms with Crippen molar-refractivity contribution in [2.45, 2.75) is 32.6 Å². The fourth-order valence-corrected chi connectivity index (χ4v) is 4.07. The quantitative estimate of drug-likeness (QED) is 0.824. The van der Waals surface area contributed by atoms with E-state index < -0.39 is 0 Å². The Morgan fingerprint density at radius 3 is 2.65 bits per heavy atom. The molecule has 1 aliphatic carbocycles. The summed E-state index contributed by atoms with van der Waals surface area (Å²) < 4.78 is 0. The molecule has 0 spiro atoms. The van der Waals surface area contributed by atoms with Crippen LogP contribution in [0.1, 0.15) is 36.8 Å². The van der Waals surface area contributed by atoms with E-state index in [0.717, 1.165) is 23.4 Å². The largest absolute Gasteiger partial charge is 0.300 e. The zero-order valence-electron chi connectivity index (χ0n) is 12.8. The lowest BCUT2D eigenvalue weighted by Gasteiger charge is -2.03. The minimum absolute atomic E-state index is 0.0154. The third-order valence-corrected chi connectivity index (χ3v) is 5.02. The third-order valence-electron chi connectivity index (χ3n) is 3.72. The van der Waals surface area contributed by atoms with Crippen molar-refractivity contribution >= 4 is 45.6 Å². The molecule has 4 nitrogen and oxygen atoms in total. The highest BCUT2D eigenvalue weighted by Gasteiger charge is 2.44. The van der Waals surface area contributed by atoms with Crippen LogP contribution in [0.5, 0.6) is 0 Å². The topological polar surface area (TPSA) is 54.9 Å². The van der Waals surface area contributed by atoms with Gasteiger partial charge in [-0.15, -0.1) is 10.2 Å². The maximum atomic E-state index is 12.3. The van der Waals surface area contributed by atoms with E-state index in [9.17, 15) is 4.79 Å². The second-order valence-corrected chi connectivity index (χ2v) is 8.17. The molecule has 1 aromatic heterocycles. The molecule has 0 saturated heterocycles. The molecule has 2 aromatic rings. The molecule has 1 saturated carbocycles. The minimum atomic E-state index is -0.0537. The van der Waals surface area contributed by atoms with Crippen LogP contribution in [-0.2, 0) is 11.2 Å². The number of carbonyl (C=O) groups is 1. The van der Waals surface area contributed by atoms with Crippen molar-refractivity contribution in [2.24, 2.45) is 11.8 Å². The summed E-state index contributed by atoms with van der Waals surface area (Å²) in [6.45, 7) is 4.26. The Hall–Kier alpha value is -1.17. The van der Waals surface area contributed by atoms with Gasteiger partial charge in [0.15, 0.2) is 0 Å². The molecule has 1 amide bonds. The molecule has 7 heteroatoms. The number of hydrogen-bond donors (Lipinski definition) is 1. The van der Waals surface area contributed by atoms with Gasteiger partial charge in [-0.05, 0) is 42.0 Å². The summed E-state index contributed by atoms with van der Waals surface area (Å²) in [5, 5.41) is 13.7. The Morgan fingerprint density at radius 2 is 2.00 bits per heavy atom. The first-order chi connectivity index (χ1) is 10.9. The second kappa shape index (κ2) is 6.75. The molecule has 1 aliphatic rings. The first-order valence-electron chi connectivity index (χ1n) is 7.51. The van der Waals surface area contributed by atoms with E-state index in [2.05, 4.69) is 29.4 Å². The van der Waals surface area contributed by atoms with Crippen LogP contribution in [-0.4, -0.2) is 16.1 Å². The molecule has 122 valence electrons. The molecular formula is C16H17Cl2N3OS. The van der Waals surface area contributed by atoms with Crippen LogP contribution >= 0.6 is 34.5 Å². The van der Waals surface area contributed by atoms with E-state index in [-0.39, 0.29) is 17.7 Å². The highest BCUT2D eigenvalue weighted by atomic mass is 35.5. The first kappa shape index (κ1) is 16.7. The van der Waals surface area contributed by atoms with Crippen LogP contribution in [0.3, 0.4) is 0 Å². The minimum Gasteiger partial charge on any atom is -0.300 e. The number of anilines is 1. The molecule has 23 heavy (non-hydrogen) atoms. The van der Waals surface area contributed by atoms with Crippen LogP contribution in [0.25, 0.3) is 0 Å². The highest BCUT2D eigenvalue weighted by Crippen LogP contribution is 2.49. The summed E-state index contributed by atoms with van der Waals surface area (Å²) in [5.41, 5.74) is 1.01. The van der Waals surface area contributed by atoms with Crippen molar-refractivity contribution in [3.05, 3.63) is 38.8 Å². The smallest absolute Gasteiger partial charge is 0.229 e. The number of amides is 1. The number of hydrogen-bond acceptors (Lipinski definition) is 4. The number of nitrogens with one attached hydrogen (secondary N) is 1. The first-order valence-corrected chi connectivity index (χ1v) is 9.09. The molecule has 0 bridgehead atoms. The molecule has 3 rings (SSSR count). The molecule has 1 N–H and O–H groups in total. The van der Waals surface area contributed by atoms with Gasteiger partial charge >= 0.3 is 0 Å². The van der Waals surface area contributed by atoms with Crippen molar-refractivity contribution in [2.75, 3.05) is 5.32 Å². The molecule has 1 heterocycles. The molecule has 1 fully saturated rings. The number of benzene rings is 1. The van der Waals surface area contributed by atoms with Gasteiger partial charge in [0.05, 0.1) is 0 Å². The molecule has 0 aliphatic heterocycles. The van der Waals surface area contributed by atoms with Crippen LogP contribution in [0.2, 0.25) is 10.0 Å². The summed E-state index contributed by atoms with van der Waals surface area (Å²) in [6, 6.07) is 5.44. The van der Waals surface area contributed by atoms with Gasteiger partial charge < -0.3 is 5.32 Å². The van der Waals surface area contributed by atoms with Gasteiger partial charge in [-0.2, -0.15) is 0 Å². The molecule has 0 unspecified atom stereocenters. The number of rotatable bonds is 5. The Morgan fingerprint density at radius 1 is 1.30 bits per heavy atom. The molecule has 0 radical (unpaired) electrons. The van der Waals surface area contributed by atoms with E-state index in [0.29, 0.717) is 21.1 Å². The lowest BCUT2D eigenvalue weighted by Crippen LogP contribution is -2.14. The summed E-state index contributed by atoms with van der Waals surface area (Å²) in [7, 11) is 0. The fraction of sp³-hybridized carbons (Fsp3) is 0.438.